The minimum atomic E-state index is -1.31. The fourth-order valence-electron chi connectivity index (χ4n) is 3.70. The van der Waals surface area contributed by atoms with Gasteiger partial charge in [0.05, 0.1) is 17.8 Å². The number of nitrogens with one attached hydrogen (secondary N) is 2. The molecule has 2 N–H and O–H groups in total. The van der Waals surface area contributed by atoms with E-state index in [1.807, 2.05) is 17.5 Å². The molecule has 0 saturated carbocycles. The number of amides is 3. The standard InChI is InChI=1S/C25H22BrFN4O3S/c1-14(28-21(32)13-16-6-5-11-35-16)24(33)30-23-25(34)31(2)20-10-9-15(26)12-18(20)22(29-23)17-7-3-4-8-19(17)27/h3-12,14,23H,13H2,1-2H3,(H,28,32)(H,30,33)/t14-,23?/m0/s1. The summed E-state index contributed by atoms with van der Waals surface area (Å²) in [6.07, 6.45) is -1.16. The second kappa shape index (κ2) is 10.5. The molecule has 4 rings (SSSR count). The molecule has 180 valence electrons. The number of benzodiazepines with no additional fused rings is 1. The van der Waals surface area contributed by atoms with E-state index in [1.165, 1.54) is 29.2 Å². The zero-order valence-corrected chi connectivity index (χ0v) is 21.3. The van der Waals surface area contributed by atoms with Gasteiger partial charge in [0.1, 0.15) is 11.9 Å². The van der Waals surface area contributed by atoms with Crippen molar-refractivity contribution < 1.29 is 18.8 Å². The van der Waals surface area contributed by atoms with Gasteiger partial charge >= 0.3 is 0 Å². The molecule has 2 atom stereocenters. The van der Waals surface area contributed by atoms with E-state index in [-0.39, 0.29) is 23.6 Å². The van der Waals surface area contributed by atoms with Crippen molar-refractivity contribution >= 4 is 56.4 Å². The molecule has 35 heavy (non-hydrogen) atoms. The van der Waals surface area contributed by atoms with Crippen molar-refractivity contribution in [2.75, 3.05) is 11.9 Å². The van der Waals surface area contributed by atoms with Gasteiger partial charge in [-0.3, -0.25) is 14.4 Å². The molecule has 0 bridgehead atoms. The van der Waals surface area contributed by atoms with Gasteiger partial charge in [0, 0.05) is 27.5 Å². The highest BCUT2D eigenvalue weighted by atomic mass is 79.9. The highest BCUT2D eigenvalue weighted by Gasteiger charge is 2.33. The van der Waals surface area contributed by atoms with Gasteiger partial charge in [-0.25, -0.2) is 9.38 Å². The first kappa shape index (κ1) is 24.7. The average Bonchev–Trinajstić information content (AvgIpc) is 3.31. The fourth-order valence-corrected chi connectivity index (χ4v) is 4.76. The number of rotatable bonds is 6. The summed E-state index contributed by atoms with van der Waals surface area (Å²) in [5.41, 5.74) is 1.49. The maximum atomic E-state index is 14.8. The summed E-state index contributed by atoms with van der Waals surface area (Å²) >= 11 is 4.88. The first-order valence-electron chi connectivity index (χ1n) is 10.8. The molecule has 0 spiro atoms. The van der Waals surface area contributed by atoms with Gasteiger partial charge in [-0.1, -0.05) is 34.1 Å². The molecule has 10 heteroatoms. The smallest absolute Gasteiger partial charge is 0.272 e. The monoisotopic (exact) mass is 556 g/mol. The number of thiophene rings is 1. The van der Waals surface area contributed by atoms with E-state index in [9.17, 15) is 18.8 Å². The Kier molecular flexibility index (Phi) is 7.42. The van der Waals surface area contributed by atoms with Crippen molar-refractivity contribution in [3.8, 4) is 0 Å². The van der Waals surface area contributed by atoms with Crippen LogP contribution in [0.1, 0.15) is 22.9 Å². The molecule has 1 aromatic heterocycles. The normalized spacial score (nSPS) is 16.1. The molecule has 0 radical (unpaired) electrons. The molecule has 1 unspecified atom stereocenters. The summed E-state index contributed by atoms with van der Waals surface area (Å²) in [5, 5.41) is 7.12. The van der Waals surface area contributed by atoms with Crippen LogP contribution in [0.15, 0.2) is 69.4 Å². The van der Waals surface area contributed by atoms with Crippen LogP contribution in [0.4, 0.5) is 10.1 Å². The number of aliphatic imine (C=N–C) groups is 1. The van der Waals surface area contributed by atoms with Gasteiger partial charge in [0.25, 0.3) is 5.91 Å². The van der Waals surface area contributed by atoms with Crippen molar-refractivity contribution in [3.63, 3.8) is 0 Å². The van der Waals surface area contributed by atoms with Crippen molar-refractivity contribution in [2.24, 2.45) is 4.99 Å². The van der Waals surface area contributed by atoms with Crippen molar-refractivity contribution in [1.29, 1.82) is 0 Å². The minimum Gasteiger partial charge on any atom is -0.344 e. The first-order chi connectivity index (χ1) is 16.7. The van der Waals surface area contributed by atoms with E-state index in [2.05, 4.69) is 31.6 Å². The van der Waals surface area contributed by atoms with Crippen molar-refractivity contribution in [1.82, 2.24) is 10.6 Å². The molecule has 2 aromatic carbocycles. The number of likely N-dealkylation sites (N-methyl/N-ethyl adjacent to an activating group) is 1. The Morgan fingerprint density at radius 2 is 1.94 bits per heavy atom. The number of hydrogen-bond donors (Lipinski definition) is 2. The summed E-state index contributed by atoms with van der Waals surface area (Å²) in [6, 6.07) is 14.1. The first-order valence-corrected chi connectivity index (χ1v) is 12.4. The second-order valence-corrected chi connectivity index (χ2v) is 9.92. The van der Waals surface area contributed by atoms with Crippen LogP contribution in [0, 0.1) is 5.82 Å². The van der Waals surface area contributed by atoms with Crippen LogP contribution in [-0.2, 0) is 20.8 Å². The minimum absolute atomic E-state index is 0.153. The number of benzene rings is 2. The van der Waals surface area contributed by atoms with Gasteiger partial charge in [0.15, 0.2) is 0 Å². The molecular weight excluding hydrogens is 535 g/mol. The Morgan fingerprint density at radius 3 is 2.66 bits per heavy atom. The van der Waals surface area contributed by atoms with Gasteiger partial charge in [-0.05, 0) is 48.7 Å². The molecule has 1 aliphatic heterocycles. The zero-order valence-electron chi connectivity index (χ0n) is 18.9. The lowest BCUT2D eigenvalue weighted by Crippen LogP contribution is -2.52. The third kappa shape index (κ3) is 5.49. The van der Waals surface area contributed by atoms with Crippen LogP contribution in [0.2, 0.25) is 0 Å². The van der Waals surface area contributed by atoms with Gasteiger partial charge in [-0.15, -0.1) is 11.3 Å². The molecule has 0 saturated heterocycles. The Bertz CT molecular complexity index is 1310. The summed E-state index contributed by atoms with van der Waals surface area (Å²) in [6.45, 7) is 1.53. The molecule has 1 aliphatic rings. The number of carbonyl (C=O) groups excluding carboxylic acids is 3. The summed E-state index contributed by atoms with van der Waals surface area (Å²) in [4.78, 5) is 45.2. The Hall–Kier alpha value is -3.37. The summed E-state index contributed by atoms with van der Waals surface area (Å²) in [5.74, 6) is -1.90. The van der Waals surface area contributed by atoms with E-state index in [0.29, 0.717) is 11.3 Å². The quantitative estimate of drug-likeness (QED) is 0.485. The van der Waals surface area contributed by atoms with Crippen molar-refractivity contribution in [3.05, 3.63) is 86.3 Å². The maximum Gasteiger partial charge on any atom is 0.272 e. The Balaban J connectivity index is 1.62. The van der Waals surface area contributed by atoms with Crippen LogP contribution >= 0.6 is 27.3 Å². The predicted octanol–water partition coefficient (Wildman–Crippen LogP) is 3.65. The van der Waals surface area contributed by atoms with Crippen LogP contribution < -0.4 is 15.5 Å². The Morgan fingerprint density at radius 1 is 1.17 bits per heavy atom. The number of halogens is 2. The third-order valence-electron chi connectivity index (χ3n) is 5.49. The number of anilines is 1. The SMILES string of the molecule is C[C@H](NC(=O)Cc1cccs1)C(=O)NC1N=C(c2ccccc2F)c2cc(Br)ccc2N(C)C1=O. The van der Waals surface area contributed by atoms with Crippen LogP contribution in [-0.4, -0.2) is 42.7 Å². The van der Waals surface area contributed by atoms with E-state index in [4.69, 9.17) is 0 Å². The van der Waals surface area contributed by atoms with Crippen LogP contribution in [0.5, 0.6) is 0 Å². The molecule has 3 amide bonds. The lowest BCUT2D eigenvalue weighted by molar-refractivity contribution is -0.130. The van der Waals surface area contributed by atoms with E-state index in [0.717, 1.165) is 9.35 Å². The fraction of sp³-hybridized carbons (Fsp3) is 0.200. The topological polar surface area (TPSA) is 90.9 Å². The third-order valence-corrected chi connectivity index (χ3v) is 6.86. The van der Waals surface area contributed by atoms with Crippen molar-refractivity contribution in [2.45, 2.75) is 25.6 Å². The van der Waals surface area contributed by atoms with E-state index < -0.39 is 29.8 Å². The number of nitrogens with zero attached hydrogens (tertiary/aromatic N) is 2. The molecule has 3 aromatic rings. The maximum absolute atomic E-state index is 14.8. The van der Waals surface area contributed by atoms with Gasteiger partial charge in [-0.2, -0.15) is 0 Å². The number of hydrogen-bond acceptors (Lipinski definition) is 5. The van der Waals surface area contributed by atoms with Gasteiger partial charge in [0.2, 0.25) is 18.0 Å². The molecule has 0 aliphatic carbocycles. The molecule has 0 fully saturated rings. The lowest BCUT2D eigenvalue weighted by atomic mass is 10.00. The van der Waals surface area contributed by atoms with Gasteiger partial charge < -0.3 is 15.5 Å². The molecule has 2 heterocycles. The highest BCUT2D eigenvalue weighted by Crippen LogP contribution is 2.30. The predicted molar refractivity (Wildman–Crippen MR) is 137 cm³/mol. The number of fused-ring (bicyclic) bond motifs is 1. The second-order valence-electron chi connectivity index (χ2n) is 7.97. The number of carbonyl (C=O) groups is 3. The van der Waals surface area contributed by atoms with E-state index in [1.54, 1.807) is 43.4 Å². The largest absolute Gasteiger partial charge is 0.344 e. The molecule has 7 nitrogen and oxygen atoms in total. The zero-order chi connectivity index (χ0) is 25.1. The van der Waals surface area contributed by atoms with E-state index >= 15 is 0 Å². The lowest BCUT2D eigenvalue weighted by Gasteiger charge is -2.22. The van der Waals surface area contributed by atoms with Crippen LogP contribution in [0.25, 0.3) is 0 Å². The highest BCUT2D eigenvalue weighted by molar-refractivity contribution is 9.10. The average molecular weight is 557 g/mol. The van der Waals surface area contributed by atoms with Crippen LogP contribution in [0.3, 0.4) is 0 Å². The summed E-state index contributed by atoms with van der Waals surface area (Å²) < 4.78 is 15.5. The summed E-state index contributed by atoms with van der Waals surface area (Å²) in [7, 11) is 1.57. The Labute approximate surface area is 214 Å². The molecular formula is C25H22BrFN4O3S.